The molecule has 2 rings (SSSR count). The Morgan fingerprint density at radius 2 is 2.25 bits per heavy atom. The Labute approximate surface area is 94.7 Å². The van der Waals surface area contributed by atoms with Crippen LogP contribution in [0.3, 0.4) is 0 Å². The molecule has 1 unspecified atom stereocenters. The third-order valence-corrected chi connectivity index (χ3v) is 2.89. The fraction of sp³-hybridized carbons (Fsp3) is 0.308. The van der Waals surface area contributed by atoms with Crippen LogP contribution in [-0.4, -0.2) is 23.7 Å². The van der Waals surface area contributed by atoms with Crippen LogP contribution in [0, 0.1) is 12.3 Å². The summed E-state index contributed by atoms with van der Waals surface area (Å²) in [5.74, 6) is 1.81. The smallest absolute Gasteiger partial charge is 0.337 e. The van der Waals surface area contributed by atoms with Crippen molar-refractivity contribution in [2.75, 3.05) is 11.4 Å². The van der Waals surface area contributed by atoms with E-state index < -0.39 is 5.97 Å². The molecule has 1 aromatic carbocycles. The largest absolute Gasteiger partial charge is 0.478 e. The summed E-state index contributed by atoms with van der Waals surface area (Å²) < 4.78 is 0. The van der Waals surface area contributed by atoms with E-state index in [1.54, 1.807) is 12.1 Å². The van der Waals surface area contributed by atoms with E-state index in [-0.39, 0.29) is 6.04 Å². The van der Waals surface area contributed by atoms with Crippen molar-refractivity contribution in [3.63, 3.8) is 0 Å². The fourth-order valence-corrected chi connectivity index (χ4v) is 2.13. The molecule has 3 nitrogen and oxygen atoms in total. The maximum absolute atomic E-state index is 11.1. The average Bonchev–Trinajstić information content (AvgIpc) is 2.76. The lowest BCUT2D eigenvalue weighted by atomic mass is 10.1. The zero-order valence-electron chi connectivity index (χ0n) is 8.89. The van der Waals surface area contributed by atoms with E-state index in [4.69, 9.17) is 11.5 Å². The van der Waals surface area contributed by atoms with Crippen LogP contribution in [0.2, 0.25) is 0 Å². The molecule has 1 atom stereocenters. The number of carboxylic acid groups (broad SMARTS) is 1. The Morgan fingerprint density at radius 1 is 1.50 bits per heavy atom. The summed E-state index contributed by atoms with van der Waals surface area (Å²) >= 11 is 0. The number of hydrogen-bond donors (Lipinski definition) is 1. The molecule has 82 valence electrons. The fourth-order valence-electron chi connectivity index (χ4n) is 2.13. The number of carbonyl (C=O) groups is 1. The van der Waals surface area contributed by atoms with Gasteiger partial charge in [-0.25, -0.2) is 4.79 Å². The van der Waals surface area contributed by atoms with Gasteiger partial charge < -0.3 is 10.0 Å². The standard InChI is InChI=1S/C13H13NO2/c1-2-10-6-5-9-14(10)12-8-4-3-7-11(12)13(15)16/h1,3-4,7-8,10H,5-6,9H2,(H,15,16). The molecule has 0 radical (unpaired) electrons. The molecule has 1 heterocycles. The number of aromatic carboxylic acids is 1. The first-order chi connectivity index (χ1) is 7.74. The number of benzene rings is 1. The Morgan fingerprint density at radius 3 is 2.94 bits per heavy atom. The van der Waals surface area contributed by atoms with Crippen LogP contribution < -0.4 is 4.90 Å². The van der Waals surface area contributed by atoms with Crippen LogP contribution >= 0.6 is 0 Å². The monoisotopic (exact) mass is 215 g/mol. The molecule has 0 bridgehead atoms. The van der Waals surface area contributed by atoms with Crippen LogP contribution in [0.4, 0.5) is 5.69 Å². The van der Waals surface area contributed by atoms with Gasteiger partial charge >= 0.3 is 5.97 Å². The normalized spacial score (nSPS) is 19.4. The Kier molecular flexibility index (Phi) is 2.82. The summed E-state index contributed by atoms with van der Waals surface area (Å²) in [6.45, 7) is 0.832. The molecule has 1 N–H and O–H groups in total. The van der Waals surface area contributed by atoms with E-state index in [1.165, 1.54) is 0 Å². The maximum Gasteiger partial charge on any atom is 0.337 e. The van der Waals surface area contributed by atoms with E-state index >= 15 is 0 Å². The first-order valence-corrected chi connectivity index (χ1v) is 5.29. The van der Waals surface area contributed by atoms with Crippen molar-refractivity contribution in [3.8, 4) is 12.3 Å². The molecule has 0 spiro atoms. The molecule has 0 saturated carbocycles. The van der Waals surface area contributed by atoms with Gasteiger partial charge in [0.25, 0.3) is 0 Å². The number of rotatable bonds is 2. The van der Waals surface area contributed by atoms with Crippen molar-refractivity contribution in [3.05, 3.63) is 29.8 Å². The highest BCUT2D eigenvalue weighted by Gasteiger charge is 2.25. The lowest BCUT2D eigenvalue weighted by Crippen LogP contribution is -2.29. The zero-order chi connectivity index (χ0) is 11.5. The Bertz CT molecular complexity index is 447. The second-order valence-electron chi connectivity index (χ2n) is 3.84. The van der Waals surface area contributed by atoms with Gasteiger partial charge in [0.05, 0.1) is 17.3 Å². The third-order valence-electron chi connectivity index (χ3n) is 2.89. The van der Waals surface area contributed by atoms with Crippen molar-refractivity contribution in [2.24, 2.45) is 0 Å². The van der Waals surface area contributed by atoms with Gasteiger partial charge in [0, 0.05) is 6.54 Å². The maximum atomic E-state index is 11.1. The number of hydrogen-bond acceptors (Lipinski definition) is 2. The van der Waals surface area contributed by atoms with E-state index in [0.717, 1.165) is 25.1 Å². The number of para-hydroxylation sites is 1. The zero-order valence-corrected chi connectivity index (χ0v) is 8.89. The minimum atomic E-state index is -0.904. The summed E-state index contributed by atoms with van der Waals surface area (Å²) in [5.41, 5.74) is 1.06. The molecule has 1 aromatic rings. The summed E-state index contributed by atoms with van der Waals surface area (Å²) in [6, 6.07) is 7.03. The lowest BCUT2D eigenvalue weighted by Gasteiger charge is -2.24. The van der Waals surface area contributed by atoms with Crippen molar-refractivity contribution in [1.82, 2.24) is 0 Å². The van der Waals surface area contributed by atoms with Crippen molar-refractivity contribution in [1.29, 1.82) is 0 Å². The molecule has 1 fully saturated rings. The SMILES string of the molecule is C#CC1CCCN1c1ccccc1C(=O)O. The second-order valence-corrected chi connectivity index (χ2v) is 3.84. The van der Waals surface area contributed by atoms with Gasteiger partial charge in [0.1, 0.15) is 0 Å². The van der Waals surface area contributed by atoms with Gasteiger partial charge in [-0.15, -0.1) is 6.42 Å². The molecule has 1 aliphatic rings. The molecule has 3 heteroatoms. The highest BCUT2D eigenvalue weighted by atomic mass is 16.4. The van der Waals surface area contributed by atoms with Crippen LogP contribution in [0.1, 0.15) is 23.2 Å². The van der Waals surface area contributed by atoms with E-state index in [1.807, 2.05) is 17.0 Å². The van der Waals surface area contributed by atoms with E-state index in [9.17, 15) is 4.79 Å². The van der Waals surface area contributed by atoms with Crippen molar-refractivity contribution >= 4 is 11.7 Å². The van der Waals surface area contributed by atoms with Crippen LogP contribution in [-0.2, 0) is 0 Å². The van der Waals surface area contributed by atoms with Gasteiger partial charge in [-0.2, -0.15) is 0 Å². The second kappa shape index (κ2) is 4.28. The predicted molar refractivity (Wildman–Crippen MR) is 62.6 cm³/mol. The van der Waals surface area contributed by atoms with Crippen molar-refractivity contribution < 1.29 is 9.90 Å². The molecular weight excluding hydrogens is 202 g/mol. The molecule has 1 saturated heterocycles. The Hall–Kier alpha value is -1.95. The lowest BCUT2D eigenvalue weighted by molar-refractivity contribution is 0.0697. The van der Waals surface area contributed by atoms with Crippen LogP contribution in [0.25, 0.3) is 0 Å². The minimum absolute atomic E-state index is 0.0282. The summed E-state index contributed by atoms with van der Waals surface area (Å²) in [4.78, 5) is 13.1. The summed E-state index contributed by atoms with van der Waals surface area (Å²) in [5, 5.41) is 9.11. The molecule has 1 aliphatic heterocycles. The van der Waals surface area contributed by atoms with E-state index in [2.05, 4.69) is 5.92 Å². The number of nitrogens with zero attached hydrogens (tertiary/aromatic N) is 1. The van der Waals surface area contributed by atoms with Gasteiger partial charge in [0.2, 0.25) is 0 Å². The predicted octanol–water partition coefficient (Wildman–Crippen LogP) is 1.99. The van der Waals surface area contributed by atoms with Gasteiger partial charge in [0.15, 0.2) is 0 Å². The van der Waals surface area contributed by atoms with Crippen LogP contribution in [0.5, 0.6) is 0 Å². The highest BCUT2D eigenvalue weighted by Crippen LogP contribution is 2.28. The van der Waals surface area contributed by atoms with Gasteiger partial charge in [-0.3, -0.25) is 0 Å². The Balaban J connectivity index is 2.40. The molecule has 0 amide bonds. The number of anilines is 1. The summed E-state index contributed by atoms with van der Waals surface area (Å²) in [7, 11) is 0. The average molecular weight is 215 g/mol. The van der Waals surface area contributed by atoms with Gasteiger partial charge in [-0.05, 0) is 25.0 Å². The molecule has 16 heavy (non-hydrogen) atoms. The van der Waals surface area contributed by atoms with Crippen LogP contribution in [0.15, 0.2) is 24.3 Å². The van der Waals surface area contributed by atoms with Crippen molar-refractivity contribution in [2.45, 2.75) is 18.9 Å². The summed E-state index contributed by atoms with van der Waals surface area (Å²) in [6.07, 6.45) is 7.40. The van der Waals surface area contributed by atoms with E-state index in [0.29, 0.717) is 5.56 Å². The molecular formula is C13H13NO2. The molecule has 0 aromatic heterocycles. The molecule has 0 aliphatic carbocycles. The third kappa shape index (κ3) is 1.74. The first kappa shape index (κ1) is 10.6. The minimum Gasteiger partial charge on any atom is -0.478 e. The quantitative estimate of drug-likeness (QED) is 0.767. The number of carboxylic acids is 1. The van der Waals surface area contributed by atoms with Gasteiger partial charge in [-0.1, -0.05) is 18.1 Å². The highest BCUT2D eigenvalue weighted by molar-refractivity contribution is 5.94. The topological polar surface area (TPSA) is 40.5 Å². The number of terminal acetylenes is 1. The first-order valence-electron chi connectivity index (χ1n) is 5.29.